The summed E-state index contributed by atoms with van der Waals surface area (Å²) >= 11 is 0. The molecule has 84 valence electrons. The van der Waals surface area contributed by atoms with Crippen LogP contribution in [0.3, 0.4) is 0 Å². The molecule has 0 atom stereocenters. The summed E-state index contributed by atoms with van der Waals surface area (Å²) < 4.78 is 9.37. The second kappa shape index (κ2) is 9.94. The molecule has 4 N–H and O–H groups in total. The monoisotopic (exact) mass is 207 g/mol. The highest BCUT2D eigenvalue weighted by molar-refractivity contribution is 5.71. The van der Waals surface area contributed by atoms with Gasteiger partial charge in [-0.15, -0.1) is 0 Å². The van der Waals surface area contributed by atoms with E-state index in [1.165, 1.54) is 7.11 Å². The Hall–Kier alpha value is -1.14. The third kappa shape index (κ3) is 10.9. The quantitative estimate of drug-likeness (QED) is 0.467. The Morgan fingerprint density at radius 1 is 1.21 bits per heavy atom. The van der Waals surface area contributed by atoms with Crippen molar-refractivity contribution in [1.82, 2.24) is 6.15 Å². The maximum atomic E-state index is 10.8. The molecule has 14 heavy (non-hydrogen) atoms. The Morgan fingerprint density at radius 2 is 1.86 bits per heavy atom. The molecule has 0 saturated heterocycles. The van der Waals surface area contributed by atoms with E-state index >= 15 is 0 Å². The van der Waals surface area contributed by atoms with Crippen LogP contribution >= 0.6 is 0 Å². The van der Waals surface area contributed by atoms with Crippen molar-refractivity contribution in [3.05, 3.63) is 0 Å². The minimum absolute atomic E-state index is 0. The molecule has 0 aromatic carbocycles. The summed E-state index contributed by atoms with van der Waals surface area (Å²) in [6, 6.07) is 0. The molecule has 0 saturated carbocycles. The molecular weight excluding hydrogens is 190 g/mol. The van der Waals surface area contributed by atoms with E-state index < -0.39 is 5.97 Å². The van der Waals surface area contributed by atoms with Crippen molar-refractivity contribution in [1.29, 1.82) is 0 Å². The number of esters is 1. The molecule has 0 rings (SSSR count). The average Bonchev–Trinajstić information content (AvgIpc) is 2.04. The van der Waals surface area contributed by atoms with Crippen LogP contribution in [0.5, 0.6) is 0 Å². The Balaban J connectivity index is 0. The second-order valence-electron chi connectivity index (χ2n) is 2.46. The molecule has 0 aromatic rings. The summed E-state index contributed by atoms with van der Waals surface area (Å²) in [5, 5.41) is 8.27. The van der Waals surface area contributed by atoms with Gasteiger partial charge in [-0.1, -0.05) is 0 Å². The Kier molecular flexibility index (Phi) is 10.9. The van der Waals surface area contributed by atoms with Gasteiger partial charge in [0.25, 0.3) is 0 Å². The molecule has 0 aromatic heterocycles. The highest BCUT2D eigenvalue weighted by Crippen LogP contribution is 1.97. The van der Waals surface area contributed by atoms with Gasteiger partial charge in [0.05, 0.1) is 6.61 Å². The van der Waals surface area contributed by atoms with Crippen LogP contribution in [0.1, 0.15) is 19.3 Å². The molecule has 0 unspecified atom stereocenters. The van der Waals surface area contributed by atoms with Gasteiger partial charge in [-0.3, -0.25) is 9.59 Å². The largest absolute Gasteiger partial charge is 0.481 e. The van der Waals surface area contributed by atoms with E-state index in [-0.39, 0.29) is 31.6 Å². The SMILES string of the molecule is COCCOC(=O)CCCC(=O)O.N. The first-order valence-electron chi connectivity index (χ1n) is 4.03. The number of hydrogen-bond donors (Lipinski definition) is 2. The number of aliphatic carboxylic acids is 1. The van der Waals surface area contributed by atoms with Crippen molar-refractivity contribution in [2.24, 2.45) is 0 Å². The van der Waals surface area contributed by atoms with Crippen LogP contribution in [0.15, 0.2) is 0 Å². The summed E-state index contributed by atoms with van der Waals surface area (Å²) in [5.74, 6) is -1.28. The number of methoxy groups -OCH3 is 1. The normalized spacial score (nSPS) is 8.93. The smallest absolute Gasteiger partial charge is 0.305 e. The fraction of sp³-hybridized carbons (Fsp3) is 0.750. The fourth-order valence-electron chi connectivity index (χ4n) is 0.695. The summed E-state index contributed by atoms with van der Waals surface area (Å²) in [7, 11) is 1.51. The molecule has 0 fully saturated rings. The summed E-state index contributed by atoms with van der Waals surface area (Å²) in [5.41, 5.74) is 0. The topological polar surface area (TPSA) is 108 Å². The molecule has 0 radical (unpaired) electrons. The minimum atomic E-state index is -0.898. The van der Waals surface area contributed by atoms with Gasteiger partial charge in [-0.2, -0.15) is 0 Å². The first-order valence-corrected chi connectivity index (χ1v) is 4.03. The van der Waals surface area contributed by atoms with Gasteiger partial charge in [0.2, 0.25) is 0 Å². The lowest BCUT2D eigenvalue weighted by Gasteiger charge is -2.02. The standard InChI is InChI=1S/C8H14O5.H3N/c1-12-5-6-13-8(11)4-2-3-7(9)10;/h2-6H2,1H3,(H,9,10);1H3. The molecule has 0 heterocycles. The Bertz CT molecular complexity index is 171. The van der Waals surface area contributed by atoms with Gasteiger partial charge in [-0.25, -0.2) is 0 Å². The van der Waals surface area contributed by atoms with Crippen molar-refractivity contribution >= 4 is 11.9 Å². The zero-order valence-electron chi connectivity index (χ0n) is 8.32. The van der Waals surface area contributed by atoms with E-state index in [4.69, 9.17) is 9.84 Å². The van der Waals surface area contributed by atoms with E-state index in [1.54, 1.807) is 0 Å². The van der Waals surface area contributed by atoms with Crippen molar-refractivity contribution in [3.63, 3.8) is 0 Å². The van der Waals surface area contributed by atoms with Gasteiger partial charge >= 0.3 is 11.9 Å². The van der Waals surface area contributed by atoms with E-state index in [1.807, 2.05) is 0 Å². The van der Waals surface area contributed by atoms with E-state index in [0.717, 1.165) is 0 Å². The van der Waals surface area contributed by atoms with E-state index in [0.29, 0.717) is 13.0 Å². The molecule has 6 nitrogen and oxygen atoms in total. The predicted octanol–water partition coefficient (Wildman–Crippen LogP) is 0.593. The lowest BCUT2D eigenvalue weighted by molar-refractivity contribution is -0.145. The van der Waals surface area contributed by atoms with Crippen molar-refractivity contribution in [2.45, 2.75) is 19.3 Å². The maximum absolute atomic E-state index is 10.8. The third-order valence-corrected chi connectivity index (χ3v) is 1.32. The number of ether oxygens (including phenoxy) is 2. The van der Waals surface area contributed by atoms with Crippen LogP contribution in [0.25, 0.3) is 0 Å². The second-order valence-corrected chi connectivity index (χ2v) is 2.46. The van der Waals surface area contributed by atoms with Crippen molar-refractivity contribution in [2.75, 3.05) is 20.3 Å². The molecule has 0 amide bonds. The number of carbonyl (C=O) groups excluding carboxylic acids is 1. The minimum Gasteiger partial charge on any atom is -0.481 e. The summed E-state index contributed by atoms with van der Waals surface area (Å²) in [4.78, 5) is 20.9. The first-order chi connectivity index (χ1) is 6.16. The molecule has 0 aliphatic carbocycles. The predicted molar refractivity (Wildman–Crippen MR) is 49.3 cm³/mol. The van der Waals surface area contributed by atoms with Crippen LogP contribution in [-0.4, -0.2) is 37.4 Å². The van der Waals surface area contributed by atoms with Gasteiger partial charge in [0.1, 0.15) is 6.61 Å². The van der Waals surface area contributed by atoms with Crippen LogP contribution in [0.2, 0.25) is 0 Å². The molecule has 0 aliphatic heterocycles. The number of rotatable bonds is 7. The van der Waals surface area contributed by atoms with Crippen LogP contribution in [0.4, 0.5) is 0 Å². The summed E-state index contributed by atoms with van der Waals surface area (Å²) in [6.07, 6.45) is 0.469. The molecule has 0 aliphatic rings. The first kappa shape index (κ1) is 15.3. The molecule has 6 heteroatoms. The van der Waals surface area contributed by atoms with Crippen LogP contribution < -0.4 is 6.15 Å². The zero-order chi connectivity index (χ0) is 10.1. The zero-order valence-corrected chi connectivity index (χ0v) is 8.32. The van der Waals surface area contributed by atoms with Gasteiger partial charge in [0, 0.05) is 20.0 Å². The Morgan fingerprint density at radius 3 is 2.36 bits per heavy atom. The third-order valence-electron chi connectivity index (χ3n) is 1.32. The lowest BCUT2D eigenvalue weighted by Crippen LogP contribution is -2.09. The number of carboxylic acid groups (broad SMARTS) is 1. The van der Waals surface area contributed by atoms with Crippen molar-refractivity contribution < 1.29 is 24.2 Å². The fourth-order valence-corrected chi connectivity index (χ4v) is 0.695. The van der Waals surface area contributed by atoms with Gasteiger partial charge in [0.15, 0.2) is 0 Å². The average molecular weight is 207 g/mol. The van der Waals surface area contributed by atoms with E-state index in [2.05, 4.69) is 4.74 Å². The molecule has 0 bridgehead atoms. The van der Waals surface area contributed by atoms with Gasteiger partial charge in [-0.05, 0) is 6.42 Å². The molecule has 0 spiro atoms. The number of carbonyl (C=O) groups is 2. The molecular formula is C8H17NO5. The number of carboxylic acids is 1. The lowest BCUT2D eigenvalue weighted by atomic mass is 10.2. The van der Waals surface area contributed by atoms with Crippen LogP contribution in [0, 0.1) is 0 Å². The van der Waals surface area contributed by atoms with E-state index in [9.17, 15) is 9.59 Å². The Labute approximate surface area is 82.8 Å². The van der Waals surface area contributed by atoms with Crippen LogP contribution in [-0.2, 0) is 19.1 Å². The van der Waals surface area contributed by atoms with Crippen molar-refractivity contribution in [3.8, 4) is 0 Å². The van der Waals surface area contributed by atoms with Gasteiger partial charge < -0.3 is 20.7 Å². The summed E-state index contributed by atoms with van der Waals surface area (Å²) in [6.45, 7) is 0.590. The highest BCUT2D eigenvalue weighted by atomic mass is 16.6. The maximum Gasteiger partial charge on any atom is 0.305 e. The number of hydrogen-bond acceptors (Lipinski definition) is 5. The highest BCUT2D eigenvalue weighted by Gasteiger charge is 2.04.